The first-order valence-electron chi connectivity index (χ1n) is 10.8. The molecular weight excluding hydrogens is 579 g/mol. The molecule has 0 heterocycles. The lowest BCUT2D eigenvalue weighted by Crippen LogP contribution is -2.20. The van der Waals surface area contributed by atoms with Crippen molar-refractivity contribution in [1.82, 2.24) is 5.43 Å². The lowest BCUT2D eigenvalue weighted by Gasteiger charge is -2.14. The van der Waals surface area contributed by atoms with E-state index in [0.717, 1.165) is 5.56 Å². The van der Waals surface area contributed by atoms with Crippen LogP contribution in [0.1, 0.15) is 28.4 Å². The summed E-state index contributed by atoms with van der Waals surface area (Å²) >= 11 is 2.07. The van der Waals surface area contributed by atoms with Crippen LogP contribution in [0.5, 0.6) is 11.5 Å². The van der Waals surface area contributed by atoms with Crippen molar-refractivity contribution in [2.24, 2.45) is 5.10 Å². The second-order valence-corrected chi connectivity index (χ2v) is 8.63. The SMILES string of the molecule is CCOc1cc(/C=N/NC(=O)c2ccc([N+](=O)[O-])cc2)cc(I)c1OCC(=O)Nc1cccc(C)c1. The van der Waals surface area contributed by atoms with Gasteiger partial charge in [0.15, 0.2) is 18.1 Å². The summed E-state index contributed by atoms with van der Waals surface area (Å²) in [6, 6.07) is 16.1. The maximum Gasteiger partial charge on any atom is 0.271 e. The molecule has 10 nitrogen and oxygen atoms in total. The molecule has 0 radical (unpaired) electrons. The van der Waals surface area contributed by atoms with Crippen molar-refractivity contribution in [2.45, 2.75) is 13.8 Å². The van der Waals surface area contributed by atoms with Crippen LogP contribution in [0.15, 0.2) is 65.8 Å². The third kappa shape index (κ3) is 7.50. The van der Waals surface area contributed by atoms with E-state index in [1.165, 1.54) is 30.5 Å². The van der Waals surface area contributed by atoms with Gasteiger partial charge in [0.05, 0.1) is 21.3 Å². The van der Waals surface area contributed by atoms with Gasteiger partial charge >= 0.3 is 0 Å². The lowest BCUT2D eigenvalue weighted by atomic mass is 10.2. The molecule has 11 heteroatoms. The summed E-state index contributed by atoms with van der Waals surface area (Å²) in [5, 5.41) is 17.5. The summed E-state index contributed by atoms with van der Waals surface area (Å²) in [4.78, 5) is 34.8. The summed E-state index contributed by atoms with van der Waals surface area (Å²) in [6.45, 7) is 3.93. The second kappa shape index (κ2) is 12.6. The van der Waals surface area contributed by atoms with Crippen LogP contribution in [0.2, 0.25) is 0 Å². The fourth-order valence-electron chi connectivity index (χ4n) is 3.09. The number of nitro benzene ring substituents is 1. The number of non-ortho nitro benzene ring substituents is 1. The first-order valence-corrected chi connectivity index (χ1v) is 11.9. The maximum absolute atomic E-state index is 12.3. The highest BCUT2D eigenvalue weighted by Gasteiger charge is 2.14. The van der Waals surface area contributed by atoms with Crippen molar-refractivity contribution in [3.05, 3.63) is 91.0 Å². The molecule has 0 unspecified atom stereocenters. The van der Waals surface area contributed by atoms with E-state index in [9.17, 15) is 19.7 Å². The third-order valence-corrected chi connectivity index (χ3v) is 5.50. The van der Waals surface area contributed by atoms with E-state index in [2.05, 4.69) is 38.4 Å². The van der Waals surface area contributed by atoms with E-state index in [-0.39, 0.29) is 23.8 Å². The third-order valence-electron chi connectivity index (χ3n) is 4.70. The number of hydrogen-bond donors (Lipinski definition) is 2. The number of carbonyl (C=O) groups excluding carboxylic acids is 2. The first kappa shape index (κ1) is 26.6. The van der Waals surface area contributed by atoms with Crippen LogP contribution in [-0.4, -0.2) is 36.2 Å². The molecule has 0 saturated carbocycles. The van der Waals surface area contributed by atoms with Crippen LogP contribution >= 0.6 is 22.6 Å². The van der Waals surface area contributed by atoms with Crippen LogP contribution in [-0.2, 0) is 4.79 Å². The molecular formula is C25H23IN4O6. The molecule has 3 rings (SSSR count). The highest BCUT2D eigenvalue weighted by molar-refractivity contribution is 14.1. The number of rotatable bonds is 10. The van der Waals surface area contributed by atoms with E-state index >= 15 is 0 Å². The predicted octanol–water partition coefficient (Wildman–Crippen LogP) is 4.69. The number of hydrogen-bond acceptors (Lipinski definition) is 7. The minimum absolute atomic E-state index is 0.108. The molecule has 0 bridgehead atoms. The van der Waals surface area contributed by atoms with Crippen LogP contribution in [0, 0.1) is 20.6 Å². The molecule has 36 heavy (non-hydrogen) atoms. The first-order chi connectivity index (χ1) is 17.3. The average molecular weight is 602 g/mol. The van der Waals surface area contributed by atoms with E-state index in [4.69, 9.17) is 9.47 Å². The smallest absolute Gasteiger partial charge is 0.271 e. The number of carbonyl (C=O) groups is 2. The Morgan fingerprint density at radius 1 is 1.11 bits per heavy atom. The molecule has 0 atom stereocenters. The standard InChI is InChI=1S/C25H23IN4O6/c1-3-35-22-13-17(14-27-29-25(32)18-7-9-20(10-8-18)30(33)34)12-21(26)24(22)36-15-23(31)28-19-6-4-5-16(2)11-19/h4-14H,3,15H2,1-2H3,(H,28,31)(H,29,32)/b27-14+. The molecule has 2 amide bonds. The molecule has 0 aliphatic heterocycles. The summed E-state index contributed by atoms with van der Waals surface area (Å²) in [7, 11) is 0. The topological polar surface area (TPSA) is 132 Å². The zero-order valence-corrected chi connectivity index (χ0v) is 21.6. The van der Waals surface area contributed by atoms with Gasteiger partial charge in [-0.3, -0.25) is 19.7 Å². The number of aryl methyl sites for hydroxylation is 1. The van der Waals surface area contributed by atoms with Gasteiger partial charge in [0.25, 0.3) is 17.5 Å². The molecule has 0 aliphatic rings. The second-order valence-electron chi connectivity index (χ2n) is 7.47. The Kier molecular flexibility index (Phi) is 9.33. The highest BCUT2D eigenvalue weighted by atomic mass is 127. The van der Waals surface area contributed by atoms with Gasteiger partial charge in [-0.1, -0.05) is 12.1 Å². The van der Waals surface area contributed by atoms with Gasteiger partial charge in [0, 0.05) is 23.4 Å². The zero-order chi connectivity index (χ0) is 26.1. The number of nitro groups is 1. The number of anilines is 1. The Hall–Kier alpha value is -4.00. The highest BCUT2D eigenvalue weighted by Crippen LogP contribution is 2.34. The van der Waals surface area contributed by atoms with Gasteiger partial charge < -0.3 is 14.8 Å². The van der Waals surface area contributed by atoms with E-state index in [0.29, 0.717) is 32.9 Å². The van der Waals surface area contributed by atoms with Gasteiger partial charge in [0.2, 0.25) is 0 Å². The lowest BCUT2D eigenvalue weighted by molar-refractivity contribution is -0.384. The monoisotopic (exact) mass is 602 g/mol. The van der Waals surface area contributed by atoms with Gasteiger partial charge in [-0.25, -0.2) is 5.43 Å². The van der Waals surface area contributed by atoms with Gasteiger partial charge in [-0.2, -0.15) is 5.10 Å². The molecule has 2 N–H and O–H groups in total. The Morgan fingerprint density at radius 2 is 1.86 bits per heavy atom. The van der Waals surface area contributed by atoms with E-state index in [1.807, 2.05) is 32.0 Å². The summed E-state index contributed by atoms with van der Waals surface area (Å²) in [5.41, 5.74) is 4.85. The van der Waals surface area contributed by atoms with E-state index < -0.39 is 10.8 Å². The number of hydrazone groups is 1. The number of nitrogens with zero attached hydrogens (tertiary/aromatic N) is 2. The van der Waals surface area contributed by atoms with Crippen molar-refractivity contribution in [1.29, 1.82) is 0 Å². The normalized spacial score (nSPS) is 10.6. The molecule has 0 aliphatic carbocycles. The molecule has 0 fully saturated rings. The van der Waals surface area contributed by atoms with Crippen molar-refractivity contribution < 1.29 is 24.0 Å². The number of benzene rings is 3. The van der Waals surface area contributed by atoms with Crippen molar-refractivity contribution >= 4 is 52.0 Å². The van der Waals surface area contributed by atoms with Gasteiger partial charge in [-0.15, -0.1) is 0 Å². The van der Waals surface area contributed by atoms with Crippen molar-refractivity contribution in [2.75, 3.05) is 18.5 Å². The van der Waals surface area contributed by atoms with Crippen LogP contribution < -0.4 is 20.2 Å². The summed E-state index contributed by atoms with van der Waals surface area (Å²) < 4.78 is 12.1. The van der Waals surface area contributed by atoms with Crippen molar-refractivity contribution in [3.63, 3.8) is 0 Å². The maximum atomic E-state index is 12.3. The minimum atomic E-state index is -0.540. The molecule has 3 aromatic carbocycles. The minimum Gasteiger partial charge on any atom is -0.490 e. The quantitative estimate of drug-likeness (QED) is 0.150. The average Bonchev–Trinajstić information content (AvgIpc) is 2.83. The van der Waals surface area contributed by atoms with Gasteiger partial charge in [0.1, 0.15) is 0 Å². The number of amides is 2. The Balaban J connectivity index is 1.65. The Morgan fingerprint density at radius 3 is 2.53 bits per heavy atom. The fourth-order valence-corrected chi connectivity index (χ4v) is 3.87. The zero-order valence-electron chi connectivity index (χ0n) is 19.5. The predicted molar refractivity (Wildman–Crippen MR) is 144 cm³/mol. The Bertz CT molecular complexity index is 1290. The molecule has 0 aromatic heterocycles. The number of ether oxygens (including phenoxy) is 2. The molecule has 0 spiro atoms. The van der Waals surface area contributed by atoms with E-state index in [1.54, 1.807) is 18.2 Å². The summed E-state index contributed by atoms with van der Waals surface area (Å²) in [5.74, 6) is 0.0266. The van der Waals surface area contributed by atoms with Gasteiger partial charge in [-0.05, 0) is 84.0 Å². The van der Waals surface area contributed by atoms with Crippen LogP contribution in [0.25, 0.3) is 0 Å². The summed E-state index contributed by atoms with van der Waals surface area (Å²) in [6.07, 6.45) is 1.43. The molecule has 0 saturated heterocycles. The van der Waals surface area contributed by atoms with Crippen LogP contribution in [0.3, 0.4) is 0 Å². The number of halogens is 1. The molecule has 3 aromatic rings. The Labute approximate surface area is 221 Å². The van der Waals surface area contributed by atoms with Crippen molar-refractivity contribution in [3.8, 4) is 11.5 Å². The van der Waals surface area contributed by atoms with Crippen LogP contribution in [0.4, 0.5) is 11.4 Å². The number of nitrogens with one attached hydrogen (secondary N) is 2. The molecule has 186 valence electrons. The fraction of sp³-hybridized carbons (Fsp3) is 0.160. The largest absolute Gasteiger partial charge is 0.490 e.